The lowest BCUT2D eigenvalue weighted by Gasteiger charge is -1.86. The summed E-state index contributed by atoms with van der Waals surface area (Å²) < 4.78 is 0. The van der Waals surface area contributed by atoms with E-state index in [1.165, 1.54) is 0 Å². The SMILES string of the molecule is CCNCC.CCNCC.C[SiH2]C. The molecular formula is C10H30N2Si. The molecule has 2 nitrogen and oxygen atoms in total. The number of rotatable bonds is 4. The molecule has 0 radical (unpaired) electrons. The van der Waals surface area contributed by atoms with E-state index in [9.17, 15) is 0 Å². The Balaban J connectivity index is -0.000000120. The Kier molecular flexibility index (Phi) is 42.8. The van der Waals surface area contributed by atoms with Crippen LogP contribution < -0.4 is 10.6 Å². The van der Waals surface area contributed by atoms with Gasteiger partial charge in [0.2, 0.25) is 0 Å². The molecule has 13 heavy (non-hydrogen) atoms. The van der Waals surface area contributed by atoms with E-state index in [-0.39, 0.29) is 0 Å². The highest BCUT2D eigenvalue weighted by Crippen LogP contribution is 1.48. The molecule has 0 aromatic heterocycles. The Hall–Kier alpha value is 0.137. The minimum Gasteiger partial charge on any atom is -0.317 e. The van der Waals surface area contributed by atoms with Crippen LogP contribution in [0.1, 0.15) is 27.7 Å². The standard InChI is InChI=1S/2C4H11N.C2H8Si/c2*1-3-5-4-2;1-3-2/h2*5H,3-4H2,1-2H3;3H2,1-2H3. The van der Waals surface area contributed by atoms with Crippen molar-refractivity contribution in [2.45, 2.75) is 40.8 Å². The molecule has 0 saturated carbocycles. The lowest BCUT2D eigenvalue weighted by Crippen LogP contribution is -2.09. The predicted octanol–water partition coefficient (Wildman–Crippen LogP) is 1.48. The van der Waals surface area contributed by atoms with Crippen molar-refractivity contribution in [1.29, 1.82) is 0 Å². The van der Waals surface area contributed by atoms with E-state index < -0.39 is 0 Å². The highest BCUT2D eigenvalue weighted by molar-refractivity contribution is 6.31. The smallest absolute Gasteiger partial charge is 0.0135 e. The summed E-state index contributed by atoms with van der Waals surface area (Å²) in [7, 11) is 0.417. The van der Waals surface area contributed by atoms with E-state index in [1.54, 1.807) is 0 Å². The molecule has 0 spiro atoms. The lowest BCUT2D eigenvalue weighted by atomic mass is 10.7. The first kappa shape index (κ1) is 18.8. The third-order valence-electron chi connectivity index (χ3n) is 1.000. The predicted molar refractivity (Wildman–Crippen MR) is 68.7 cm³/mol. The molecule has 0 saturated heterocycles. The van der Waals surface area contributed by atoms with Crippen molar-refractivity contribution >= 4 is 9.52 Å². The van der Waals surface area contributed by atoms with E-state index in [2.05, 4.69) is 51.4 Å². The lowest BCUT2D eigenvalue weighted by molar-refractivity contribution is 0.762. The quantitative estimate of drug-likeness (QED) is 0.681. The van der Waals surface area contributed by atoms with Crippen molar-refractivity contribution in [3.05, 3.63) is 0 Å². The van der Waals surface area contributed by atoms with Gasteiger partial charge in [0.05, 0.1) is 0 Å². The van der Waals surface area contributed by atoms with Gasteiger partial charge in [0.1, 0.15) is 0 Å². The first-order valence-electron chi connectivity index (χ1n) is 5.66. The van der Waals surface area contributed by atoms with Crippen molar-refractivity contribution < 1.29 is 0 Å². The molecule has 0 aromatic carbocycles. The third-order valence-corrected chi connectivity index (χ3v) is 1.000. The molecule has 0 aromatic rings. The van der Waals surface area contributed by atoms with Crippen LogP contribution in [0.4, 0.5) is 0 Å². The summed E-state index contributed by atoms with van der Waals surface area (Å²) in [5.41, 5.74) is 0. The number of hydrogen-bond acceptors (Lipinski definition) is 2. The maximum atomic E-state index is 3.11. The van der Waals surface area contributed by atoms with Gasteiger partial charge in [0, 0.05) is 9.52 Å². The van der Waals surface area contributed by atoms with Gasteiger partial charge < -0.3 is 10.6 Å². The minimum atomic E-state index is 0.417. The zero-order valence-electron chi connectivity index (χ0n) is 10.5. The van der Waals surface area contributed by atoms with Crippen LogP contribution in [0.25, 0.3) is 0 Å². The molecule has 0 fully saturated rings. The Morgan fingerprint density at radius 2 is 0.846 bits per heavy atom. The van der Waals surface area contributed by atoms with Gasteiger partial charge in [-0.2, -0.15) is 0 Å². The third kappa shape index (κ3) is 72.9. The minimum absolute atomic E-state index is 0.417. The maximum absolute atomic E-state index is 3.11. The second kappa shape index (κ2) is 29.6. The highest BCUT2D eigenvalue weighted by Gasteiger charge is 1.63. The summed E-state index contributed by atoms with van der Waals surface area (Å²) in [6, 6.07) is 0. The first-order valence-corrected chi connectivity index (χ1v) is 8.49. The van der Waals surface area contributed by atoms with Crippen molar-refractivity contribution in [3.63, 3.8) is 0 Å². The molecule has 0 amide bonds. The van der Waals surface area contributed by atoms with Crippen LogP contribution in [-0.4, -0.2) is 35.7 Å². The van der Waals surface area contributed by atoms with Gasteiger partial charge in [-0.25, -0.2) is 0 Å². The fourth-order valence-corrected chi connectivity index (χ4v) is 0.500. The molecule has 0 atom stereocenters. The molecule has 0 aliphatic rings. The van der Waals surface area contributed by atoms with E-state index in [1.807, 2.05) is 0 Å². The van der Waals surface area contributed by atoms with Crippen LogP contribution in [-0.2, 0) is 0 Å². The van der Waals surface area contributed by atoms with Crippen LogP contribution in [0, 0.1) is 0 Å². The average molecular weight is 206 g/mol. The van der Waals surface area contributed by atoms with Gasteiger partial charge >= 0.3 is 0 Å². The topological polar surface area (TPSA) is 24.1 Å². The van der Waals surface area contributed by atoms with Gasteiger partial charge in [0.15, 0.2) is 0 Å². The Labute approximate surface area is 87.7 Å². The van der Waals surface area contributed by atoms with Crippen LogP contribution in [0.5, 0.6) is 0 Å². The summed E-state index contributed by atoms with van der Waals surface area (Å²) in [4.78, 5) is 0. The Bertz CT molecular complexity index is 42.2. The van der Waals surface area contributed by atoms with E-state index in [4.69, 9.17) is 0 Å². The maximum Gasteiger partial charge on any atom is 0.0135 e. The van der Waals surface area contributed by atoms with Crippen LogP contribution >= 0.6 is 0 Å². The van der Waals surface area contributed by atoms with Gasteiger partial charge in [-0.15, -0.1) is 0 Å². The molecule has 2 N–H and O–H groups in total. The summed E-state index contributed by atoms with van der Waals surface area (Å²) in [5, 5.41) is 6.22. The molecular weight excluding hydrogens is 176 g/mol. The van der Waals surface area contributed by atoms with E-state index in [0.29, 0.717) is 9.52 Å². The normalized spacial score (nSPS) is 7.85. The zero-order chi connectivity index (χ0) is 10.9. The van der Waals surface area contributed by atoms with E-state index in [0.717, 1.165) is 26.2 Å². The number of hydrogen-bond donors (Lipinski definition) is 2. The van der Waals surface area contributed by atoms with Crippen LogP contribution in [0.15, 0.2) is 0 Å². The molecule has 0 aliphatic heterocycles. The van der Waals surface area contributed by atoms with Crippen molar-refractivity contribution in [3.8, 4) is 0 Å². The first-order chi connectivity index (χ1) is 6.24. The highest BCUT2D eigenvalue weighted by atomic mass is 28.2. The van der Waals surface area contributed by atoms with E-state index >= 15 is 0 Å². The second-order valence-corrected chi connectivity index (χ2v) is 4.04. The molecule has 0 unspecified atom stereocenters. The largest absolute Gasteiger partial charge is 0.317 e. The summed E-state index contributed by atoms with van der Waals surface area (Å²) in [5.74, 6) is 0. The average Bonchev–Trinajstić information content (AvgIpc) is 2.09. The van der Waals surface area contributed by atoms with Crippen molar-refractivity contribution in [2.75, 3.05) is 26.2 Å². The molecule has 0 aliphatic carbocycles. The Morgan fingerprint density at radius 3 is 0.846 bits per heavy atom. The van der Waals surface area contributed by atoms with Gasteiger partial charge in [-0.1, -0.05) is 40.8 Å². The van der Waals surface area contributed by atoms with Gasteiger partial charge in [-0.3, -0.25) is 0 Å². The monoisotopic (exact) mass is 206 g/mol. The molecule has 0 bridgehead atoms. The Morgan fingerprint density at radius 1 is 0.692 bits per heavy atom. The van der Waals surface area contributed by atoms with Gasteiger partial charge in [0.25, 0.3) is 0 Å². The fraction of sp³-hybridized carbons (Fsp3) is 1.00. The molecule has 84 valence electrons. The molecule has 0 rings (SSSR count). The van der Waals surface area contributed by atoms with Crippen LogP contribution in [0.2, 0.25) is 13.1 Å². The second-order valence-electron chi connectivity index (χ2n) is 2.62. The van der Waals surface area contributed by atoms with Crippen molar-refractivity contribution in [1.82, 2.24) is 10.6 Å². The van der Waals surface area contributed by atoms with Gasteiger partial charge in [-0.05, 0) is 26.2 Å². The molecule has 0 heterocycles. The van der Waals surface area contributed by atoms with Crippen LogP contribution in [0.3, 0.4) is 0 Å². The fourth-order valence-electron chi connectivity index (χ4n) is 0.500. The summed E-state index contributed by atoms with van der Waals surface area (Å²) >= 11 is 0. The van der Waals surface area contributed by atoms with Crippen molar-refractivity contribution in [2.24, 2.45) is 0 Å². The zero-order valence-corrected chi connectivity index (χ0v) is 11.9. The summed E-state index contributed by atoms with van der Waals surface area (Å²) in [6.45, 7) is 17.3. The summed E-state index contributed by atoms with van der Waals surface area (Å²) in [6.07, 6.45) is 0. The molecule has 3 heteroatoms. The number of nitrogens with one attached hydrogen (secondary N) is 2.